The molecular weight excluding hydrogens is 416 g/mol. The molecule has 0 radical (unpaired) electrons. The molecule has 0 spiro atoms. The van der Waals surface area contributed by atoms with E-state index >= 15 is 0 Å². The first-order valence-corrected chi connectivity index (χ1v) is 9.57. The van der Waals surface area contributed by atoms with Crippen molar-refractivity contribution in [3.05, 3.63) is 57.1 Å². The lowest BCUT2D eigenvalue weighted by molar-refractivity contribution is 0.0959. The third-order valence-corrected chi connectivity index (χ3v) is 4.96. The van der Waals surface area contributed by atoms with Crippen LogP contribution in [0, 0.1) is 6.92 Å². The number of rotatable bonds is 7. The number of amides is 1. The number of halogens is 1. The number of aromatic nitrogens is 3. The molecule has 0 aliphatic heterocycles. The van der Waals surface area contributed by atoms with Gasteiger partial charge in [-0.25, -0.2) is 15.0 Å². The smallest absolute Gasteiger partial charge is 0.261 e. The predicted molar refractivity (Wildman–Crippen MR) is 107 cm³/mol. The third kappa shape index (κ3) is 5.24. The van der Waals surface area contributed by atoms with E-state index in [1.807, 2.05) is 30.5 Å². The Morgan fingerprint density at radius 2 is 2.00 bits per heavy atom. The molecule has 0 atom stereocenters. The van der Waals surface area contributed by atoms with Gasteiger partial charge in [0.25, 0.3) is 5.91 Å². The van der Waals surface area contributed by atoms with Crippen molar-refractivity contribution in [3.8, 4) is 0 Å². The minimum atomic E-state index is -0.0844. The molecule has 134 valence electrons. The number of nitrogens with zero attached hydrogens (tertiary/aromatic N) is 3. The SMILES string of the molecule is Cc1nc(NCCNC(=O)c2cc(Br)cs2)cc(Nc2ccccn2)n1. The van der Waals surface area contributed by atoms with Gasteiger partial charge in [0.1, 0.15) is 23.3 Å². The Morgan fingerprint density at radius 1 is 1.15 bits per heavy atom. The van der Waals surface area contributed by atoms with Gasteiger partial charge >= 0.3 is 0 Å². The molecule has 7 nitrogen and oxygen atoms in total. The quantitative estimate of drug-likeness (QED) is 0.494. The van der Waals surface area contributed by atoms with Crippen LogP contribution in [0.15, 0.2) is 46.4 Å². The Balaban J connectivity index is 1.52. The lowest BCUT2D eigenvalue weighted by atomic mass is 10.4. The zero-order valence-electron chi connectivity index (χ0n) is 14.0. The number of carbonyl (C=O) groups is 1. The number of hydrogen-bond acceptors (Lipinski definition) is 7. The highest BCUT2D eigenvalue weighted by molar-refractivity contribution is 9.10. The van der Waals surface area contributed by atoms with Crippen LogP contribution in [0.5, 0.6) is 0 Å². The molecule has 0 aliphatic carbocycles. The Bertz CT molecular complexity index is 886. The molecule has 3 N–H and O–H groups in total. The fourth-order valence-corrected chi connectivity index (χ4v) is 3.52. The standard InChI is InChI=1S/C17H17BrN6OS/c1-11-22-15(9-16(23-11)24-14-4-2-3-5-19-14)20-6-7-21-17(25)13-8-12(18)10-26-13/h2-5,8-10H,6-7H2,1H3,(H,21,25)(H2,19,20,22,23,24). The molecule has 3 aromatic heterocycles. The lowest BCUT2D eigenvalue weighted by Gasteiger charge is -2.10. The first kappa shape index (κ1) is 18.3. The molecule has 1 amide bonds. The summed E-state index contributed by atoms with van der Waals surface area (Å²) in [7, 11) is 0. The molecule has 3 rings (SSSR count). The van der Waals surface area contributed by atoms with Gasteiger partial charge in [-0.05, 0) is 41.1 Å². The average molecular weight is 433 g/mol. The van der Waals surface area contributed by atoms with Crippen molar-refractivity contribution in [1.29, 1.82) is 0 Å². The fraction of sp³-hybridized carbons (Fsp3) is 0.176. The number of nitrogens with one attached hydrogen (secondary N) is 3. The van der Waals surface area contributed by atoms with Crippen LogP contribution in [0.25, 0.3) is 0 Å². The van der Waals surface area contributed by atoms with Gasteiger partial charge in [-0.2, -0.15) is 0 Å². The van der Waals surface area contributed by atoms with Crippen LogP contribution in [0.4, 0.5) is 17.5 Å². The summed E-state index contributed by atoms with van der Waals surface area (Å²) in [5, 5.41) is 11.1. The highest BCUT2D eigenvalue weighted by Gasteiger charge is 2.08. The summed E-state index contributed by atoms with van der Waals surface area (Å²) in [6.07, 6.45) is 1.71. The van der Waals surface area contributed by atoms with Gasteiger partial charge in [0.15, 0.2) is 0 Å². The Hall–Kier alpha value is -2.52. The molecule has 0 saturated carbocycles. The molecule has 26 heavy (non-hydrogen) atoms. The van der Waals surface area contributed by atoms with E-state index in [2.05, 4.69) is 46.8 Å². The summed E-state index contributed by atoms with van der Waals surface area (Å²) in [6.45, 7) is 2.86. The zero-order chi connectivity index (χ0) is 18.4. The monoisotopic (exact) mass is 432 g/mol. The van der Waals surface area contributed by atoms with Crippen molar-refractivity contribution in [3.63, 3.8) is 0 Å². The maximum atomic E-state index is 12.0. The van der Waals surface area contributed by atoms with Gasteiger partial charge in [-0.1, -0.05) is 6.07 Å². The highest BCUT2D eigenvalue weighted by Crippen LogP contribution is 2.19. The highest BCUT2D eigenvalue weighted by atomic mass is 79.9. The zero-order valence-corrected chi connectivity index (χ0v) is 16.4. The lowest BCUT2D eigenvalue weighted by Crippen LogP contribution is -2.28. The molecule has 0 aliphatic rings. The van der Waals surface area contributed by atoms with Gasteiger partial charge in [0.05, 0.1) is 4.88 Å². The second kappa shape index (κ2) is 8.72. The number of anilines is 3. The second-order valence-electron chi connectivity index (χ2n) is 5.34. The van der Waals surface area contributed by atoms with Crippen LogP contribution in [0.1, 0.15) is 15.5 Å². The van der Waals surface area contributed by atoms with E-state index in [9.17, 15) is 4.79 Å². The molecule has 0 unspecified atom stereocenters. The molecule has 0 aromatic carbocycles. The van der Waals surface area contributed by atoms with Crippen LogP contribution in [0.3, 0.4) is 0 Å². The normalized spacial score (nSPS) is 10.4. The molecule has 3 heterocycles. The van der Waals surface area contributed by atoms with E-state index < -0.39 is 0 Å². The van der Waals surface area contributed by atoms with Gasteiger partial charge in [0.2, 0.25) is 0 Å². The maximum absolute atomic E-state index is 12.0. The second-order valence-corrected chi connectivity index (χ2v) is 7.16. The third-order valence-electron chi connectivity index (χ3n) is 3.27. The first-order valence-electron chi connectivity index (χ1n) is 7.90. The molecule has 0 saturated heterocycles. The van der Waals surface area contributed by atoms with E-state index in [0.717, 1.165) is 4.47 Å². The molecule has 3 aromatic rings. The Kier molecular flexibility index (Phi) is 6.13. The van der Waals surface area contributed by atoms with Crippen LogP contribution >= 0.6 is 27.3 Å². The number of hydrogen-bond donors (Lipinski definition) is 3. The van der Waals surface area contributed by atoms with Crippen LogP contribution in [-0.2, 0) is 0 Å². The summed E-state index contributed by atoms with van der Waals surface area (Å²) in [4.78, 5) is 25.6. The summed E-state index contributed by atoms with van der Waals surface area (Å²) in [5.41, 5.74) is 0. The van der Waals surface area contributed by atoms with Crippen molar-refractivity contribution in [1.82, 2.24) is 20.3 Å². The summed E-state index contributed by atoms with van der Waals surface area (Å²) in [6, 6.07) is 9.23. The number of pyridine rings is 1. The van der Waals surface area contributed by atoms with Crippen molar-refractivity contribution >= 4 is 50.6 Å². The largest absolute Gasteiger partial charge is 0.368 e. The van der Waals surface area contributed by atoms with Crippen LogP contribution < -0.4 is 16.0 Å². The van der Waals surface area contributed by atoms with Crippen LogP contribution in [-0.4, -0.2) is 33.9 Å². The van der Waals surface area contributed by atoms with E-state index in [-0.39, 0.29) is 5.91 Å². The van der Waals surface area contributed by atoms with E-state index in [4.69, 9.17) is 0 Å². The summed E-state index contributed by atoms with van der Waals surface area (Å²) >= 11 is 4.75. The molecular formula is C17H17BrN6OS. The fourth-order valence-electron chi connectivity index (χ4n) is 2.18. The first-order chi connectivity index (χ1) is 12.6. The summed E-state index contributed by atoms with van der Waals surface area (Å²) < 4.78 is 0.912. The van der Waals surface area contributed by atoms with Gasteiger partial charge in [-0.15, -0.1) is 11.3 Å². The van der Waals surface area contributed by atoms with Crippen molar-refractivity contribution in [2.75, 3.05) is 23.7 Å². The van der Waals surface area contributed by atoms with Gasteiger partial charge in [-0.3, -0.25) is 4.79 Å². The maximum Gasteiger partial charge on any atom is 0.261 e. The van der Waals surface area contributed by atoms with Crippen molar-refractivity contribution in [2.45, 2.75) is 6.92 Å². The minimum Gasteiger partial charge on any atom is -0.368 e. The molecule has 9 heteroatoms. The average Bonchev–Trinajstić information content (AvgIpc) is 3.05. The number of aryl methyl sites for hydroxylation is 1. The predicted octanol–water partition coefficient (Wildman–Crippen LogP) is 3.59. The van der Waals surface area contributed by atoms with Gasteiger partial charge in [0, 0.05) is 35.2 Å². The number of carbonyl (C=O) groups excluding carboxylic acids is 1. The van der Waals surface area contributed by atoms with Crippen molar-refractivity contribution in [2.24, 2.45) is 0 Å². The Labute approximate surface area is 163 Å². The van der Waals surface area contributed by atoms with E-state index in [1.54, 1.807) is 18.3 Å². The van der Waals surface area contributed by atoms with Crippen LogP contribution in [0.2, 0.25) is 0 Å². The van der Waals surface area contributed by atoms with E-state index in [1.165, 1.54) is 11.3 Å². The Morgan fingerprint density at radius 3 is 2.73 bits per heavy atom. The molecule has 0 bridgehead atoms. The number of thiophene rings is 1. The minimum absolute atomic E-state index is 0.0844. The molecule has 0 fully saturated rings. The topological polar surface area (TPSA) is 91.8 Å². The van der Waals surface area contributed by atoms with E-state index in [0.29, 0.717) is 41.2 Å². The van der Waals surface area contributed by atoms with Gasteiger partial charge < -0.3 is 16.0 Å². The van der Waals surface area contributed by atoms with Crippen molar-refractivity contribution < 1.29 is 4.79 Å². The summed E-state index contributed by atoms with van der Waals surface area (Å²) in [5.74, 6) is 2.61.